The van der Waals surface area contributed by atoms with Crippen LogP contribution in [0.25, 0.3) is 0 Å². The van der Waals surface area contributed by atoms with Crippen molar-refractivity contribution in [3.63, 3.8) is 0 Å². The van der Waals surface area contributed by atoms with Crippen LogP contribution in [-0.4, -0.2) is 10.5 Å². The average molecular weight is 233 g/mol. The molecule has 1 aromatic carbocycles. The molecule has 3 rings (SSSR count). The lowest BCUT2D eigenvalue weighted by molar-refractivity contribution is 0.512. The molecule has 16 heavy (non-hydrogen) atoms. The fourth-order valence-corrected chi connectivity index (χ4v) is 6.15. The van der Waals surface area contributed by atoms with Crippen molar-refractivity contribution >= 4 is 10.9 Å². The van der Waals surface area contributed by atoms with Gasteiger partial charge in [0, 0.05) is 23.7 Å². The summed E-state index contributed by atoms with van der Waals surface area (Å²) in [7, 11) is 0.585. The zero-order valence-electron chi connectivity index (χ0n) is 9.90. The number of hydrogen-bond donors (Lipinski definition) is 0. The molecule has 0 aliphatic heterocycles. The van der Waals surface area contributed by atoms with Crippen molar-refractivity contribution in [1.82, 2.24) is 0 Å². The van der Waals surface area contributed by atoms with Gasteiger partial charge in [0.2, 0.25) is 0 Å². The summed E-state index contributed by atoms with van der Waals surface area (Å²) in [6.07, 6.45) is 10.4. The van der Waals surface area contributed by atoms with Crippen molar-refractivity contribution in [2.24, 2.45) is 0 Å². The molecule has 0 N–H and O–H groups in total. The van der Waals surface area contributed by atoms with Crippen molar-refractivity contribution in [3.8, 4) is 0 Å². The van der Waals surface area contributed by atoms with Gasteiger partial charge in [-0.1, -0.05) is 24.6 Å². The standard InChI is InChI=1S/C15H21S/c1-3-7-13(8-4-1)16(15-11-12-15)14-9-5-2-6-10-14/h1,3-4,7-8,14-15H,2,5-6,9-12H2/q+1. The molecule has 1 aromatic rings. The first-order valence-electron chi connectivity index (χ1n) is 6.72. The summed E-state index contributed by atoms with van der Waals surface area (Å²) in [4.78, 5) is 1.65. The van der Waals surface area contributed by atoms with Gasteiger partial charge in [0.05, 0.1) is 0 Å². The molecule has 2 aliphatic carbocycles. The Morgan fingerprint density at radius 1 is 0.750 bits per heavy atom. The Morgan fingerprint density at radius 3 is 2.00 bits per heavy atom. The minimum Gasteiger partial charge on any atom is -0.0619 e. The van der Waals surface area contributed by atoms with Crippen LogP contribution in [0.1, 0.15) is 44.9 Å². The molecule has 2 saturated carbocycles. The lowest BCUT2D eigenvalue weighted by Gasteiger charge is -2.22. The summed E-state index contributed by atoms with van der Waals surface area (Å²) in [6, 6.07) is 11.3. The average Bonchev–Trinajstić information content (AvgIpc) is 3.17. The molecule has 0 radical (unpaired) electrons. The van der Waals surface area contributed by atoms with Gasteiger partial charge in [-0.2, -0.15) is 0 Å². The minimum atomic E-state index is 0.585. The van der Waals surface area contributed by atoms with Crippen molar-refractivity contribution in [2.75, 3.05) is 0 Å². The van der Waals surface area contributed by atoms with E-state index in [1.54, 1.807) is 4.90 Å². The molecule has 0 nitrogen and oxygen atoms in total. The van der Waals surface area contributed by atoms with Crippen molar-refractivity contribution in [3.05, 3.63) is 30.3 Å². The van der Waals surface area contributed by atoms with Crippen LogP contribution in [0.3, 0.4) is 0 Å². The molecule has 0 amide bonds. The van der Waals surface area contributed by atoms with Crippen LogP contribution in [0.15, 0.2) is 35.2 Å². The summed E-state index contributed by atoms with van der Waals surface area (Å²) in [6.45, 7) is 0. The van der Waals surface area contributed by atoms with E-state index in [-0.39, 0.29) is 0 Å². The van der Waals surface area contributed by atoms with Crippen LogP contribution in [0, 0.1) is 0 Å². The third-order valence-electron chi connectivity index (χ3n) is 3.81. The van der Waals surface area contributed by atoms with E-state index >= 15 is 0 Å². The molecule has 2 aliphatic rings. The molecule has 86 valence electrons. The van der Waals surface area contributed by atoms with Gasteiger partial charge in [-0.25, -0.2) is 0 Å². The van der Waals surface area contributed by atoms with Crippen LogP contribution in [0.4, 0.5) is 0 Å². The molecule has 1 heteroatoms. The van der Waals surface area contributed by atoms with Crippen LogP contribution in [-0.2, 0) is 10.9 Å². The second kappa shape index (κ2) is 4.83. The van der Waals surface area contributed by atoms with Gasteiger partial charge in [0.15, 0.2) is 4.90 Å². The fraction of sp³-hybridized carbons (Fsp3) is 0.600. The van der Waals surface area contributed by atoms with E-state index in [1.807, 2.05) is 0 Å². The van der Waals surface area contributed by atoms with E-state index in [1.165, 1.54) is 44.9 Å². The van der Waals surface area contributed by atoms with E-state index in [0.29, 0.717) is 10.9 Å². The predicted octanol–water partition coefficient (Wildman–Crippen LogP) is 4.16. The van der Waals surface area contributed by atoms with E-state index in [2.05, 4.69) is 30.3 Å². The zero-order chi connectivity index (χ0) is 10.8. The van der Waals surface area contributed by atoms with E-state index in [0.717, 1.165) is 10.5 Å². The first-order chi connectivity index (χ1) is 7.95. The van der Waals surface area contributed by atoms with Crippen molar-refractivity contribution < 1.29 is 0 Å². The Balaban J connectivity index is 1.80. The largest absolute Gasteiger partial charge is 0.155 e. The van der Waals surface area contributed by atoms with Crippen molar-refractivity contribution in [2.45, 2.75) is 60.3 Å². The molecule has 0 spiro atoms. The van der Waals surface area contributed by atoms with Crippen LogP contribution in [0.5, 0.6) is 0 Å². The lowest BCUT2D eigenvalue weighted by atomic mass is 10.0. The smallest absolute Gasteiger partial charge is 0.0619 e. The molecular weight excluding hydrogens is 212 g/mol. The lowest BCUT2D eigenvalue weighted by Crippen LogP contribution is -2.27. The van der Waals surface area contributed by atoms with Gasteiger partial charge in [0.1, 0.15) is 10.5 Å². The number of rotatable bonds is 3. The van der Waals surface area contributed by atoms with Crippen LogP contribution < -0.4 is 0 Å². The number of hydrogen-bond acceptors (Lipinski definition) is 0. The summed E-state index contributed by atoms with van der Waals surface area (Å²) >= 11 is 0. The molecular formula is C15H21S+. The maximum atomic E-state index is 2.37. The maximum Gasteiger partial charge on any atom is 0.155 e. The van der Waals surface area contributed by atoms with Gasteiger partial charge in [-0.15, -0.1) is 0 Å². The molecule has 2 fully saturated rings. The third kappa shape index (κ3) is 2.29. The highest BCUT2D eigenvalue weighted by atomic mass is 32.2. The molecule has 1 unspecified atom stereocenters. The summed E-state index contributed by atoms with van der Waals surface area (Å²) in [5.41, 5.74) is 0. The summed E-state index contributed by atoms with van der Waals surface area (Å²) in [5, 5.41) is 2.06. The van der Waals surface area contributed by atoms with E-state index in [4.69, 9.17) is 0 Å². The van der Waals surface area contributed by atoms with Gasteiger partial charge >= 0.3 is 0 Å². The third-order valence-corrected chi connectivity index (χ3v) is 7.01. The monoisotopic (exact) mass is 233 g/mol. The first kappa shape index (κ1) is 10.7. The van der Waals surface area contributed by atoms with Gasteiger partial charge in [0.25, 0.3) is 0 Å². The Hall–Kier alpha value is -0.430. The molecule has 0 aromatic heterocycles. The van der Waals surface area contributed by atoms with Gasteiger partial charge < -0.3 is 0 Å². The van der Waals surface area contributed by atoms with Crippen molar-refractivity contribution in [1.29, 1.82) is 0 Å². The first-order valence-corrected chi connectivity index (χ1v) is 8.07. The molecule has 0 saturated heterocycles. The fourth-order valence-electron chi connectivity index (χ4n) is 2.88. The second-order valence-corrected chi connectivity index (χ2v) is 7.69. The number of benzene rings is 1. The minimum absolute atomic E-state index is 0.585. The zero-order valence-corrected chi connectivity index (χ0v) is 10.7. The SMILES string of the molecule is c1ccc([S+](C2CCCCC2)C2CC2)cc1. The Labute approximate surface area is 102 Å². The molecule has 0 heterocycles. The molecule has 1 atom stereocenters. The quantitative estimate of drug-likeness (QED) is 0.688. The van der Waals surface area contributed by atoms with Crippen LogP contribution in [0.2, 0.25) is 0 Å². The summed E-state index contributed by atoms with van der Waals surface area (Å²) in [5.74, 6) is 0. The van der Waals surface area contributed by atoms with Gasteiger partial charge in [-0.3, -0.25) is 0 Å². The Bertz CT molecular complexity index is 323. The summed E-state index contributed by atoms with van der Waals surface area (Å²) < 4.78 is 0. The molecule has 0 bridgehead atoms. The van der Waals surface area contributed by atoms with E-state index in [9.17, 15) is 0 Å². The highest BCUT2D eigenvalue weighted by Crippen LogP contribution is 2.41. The maximum absolute atomic E-state index is 2.37. The van der Waals surface area contributed by atoms with E-state index < -0.39 is 0 Å². The Morgan fingerprint density at radius 2 is 1.38 bits per heavy atom. The highest BCUT2D eigenvalue weighted by Gasteiger charge is 2.46. The highest BCUT2D eigenvalue weighted by molar-refractivity contribution is 7.98. The topological polar surface area (TPSA) is 0 Å². The normalized spacial score (nSPS) is 24.2. The Kier molecular flexibility index (Phi) is 3.23. The van der Waals surface area contributed by atoms with Gasteiger partial charge in [-0.05, 0) is 37.8 Å². The van der Waals surface area contributed by atoms with Crippen LogP contribution >= 0.6 is 0 Å². The second-order valence-electron chi connectivity index (χ2n) is 5.14. The predicted molar refractivity (Wildman–Crippen MR) is 72.0 cm³/mol.